The standard InChI is InChI=1S/C8H12N4O2S/c1-4-6(15-8(9)12-4)7(14)11-3-5(13)10-2/h3H2,1-2H3,(H2,9,12)(H,10,13)(H,11,14). The molecule has 0 bridgehead atoms. The fraction of sp³-hybridized carbons (Fsp3) is 0.375. The number of likely N-dealkylation sites (N-methyl/N-ethyl adjacent to an activating group) is 1. The van der Waals surface area contributed by atoms with Gasteiger partial charge in [-0.25, -0.2) is 4.98 Å². The molecule has 1 aromatic heterocycles. The smallest absolute Gasteiger partial charge is 0.263 e. The van der Waals surface area contributed by atoms with E-state index in [9.17, 15) is 9.59 Å². The van der Waals surface area contributed by atoms with Gasteiger partial charge in [-0.05, 0) is 6.92 Å². The number of rotatable bonds is 3. The minimum absolute atomic E-state index is 0.0490. The summed E-state index contributed by atoms with van der Waals surface area (Å²) in [7, 11) is 1.50. The maximum absolute atomic E-state index is 11.5. The van der Waals surface area contributed by atoms with E-state index >= 15 is 0 Å². The van der Waals surface area contributed by atoms with Crippen molar-refractivity contribution >= 4 is 28.3 Å². The van der Waals surface area contributed by atoms with Crippen LogP contribution in [0.1, 0.15) is 15.4 Å². The Labute approximate surface area is 90.9 Å². The van der Waals surface area contributed by atoms with E-state index in [-0.39, 0.29) is 18.4 Å². The predicted molar refractivity (Wildman–Crippen MR) is 57.7 cm³/mol. The summed E-state index contributed by atoms with van der Waals surface area (Å²) in [6.45, 7) is 1.65. The molecule has 0 spiro atoms. The van der Waals surface area contributed by atoms with Gasteiger partial charge in [-0.2, -0.15) is 0 Å². The van der Waals surface area contributed by atoms with Crippen LogP contribution in [0.4, 0.5) is 5.13 Å². The van der Waals surface area contributed by atoms with Gasteiger partial charge in [0.25, 0.3) is 5.91 Å². The van der Waals surface area contributed by atoms with Crippen LogP contribution in [0.2, 0.25) is 0 Å². The summed E-state index contributed by atoms with van der Waals surface area (Å²) in [6.07, 6.45) is 0. The van der Waals surface area contributed by atoms with Crippen LogP contribution in [0.3, 0.4) is 0 Å². The van der Waals surface area contributed by atoms with Gasteiger partial charge in [0.05, 0.1) is 12.2 Å². The number of aryl methyl sites for hydroxylation is 1. The molecule has 0 atom stereocenters. The average molecular weight is 228 g/mol. The van der Waals surface area contributed by atoms with Crippen molar-refractivity contribution in [2.24, 2.45) is 0 Å². The Hall–Kier alpha value is -1.63. The molecule has 1 aromatic rings. The highest BCUT2D eigenvalue weighted by Crippen LogP contribution is 2.18. The summed E-state index contributed by atoms with van der Waals surface area (Å²) in [5, 5.41) is 5.21. The number of anilines is 1. The topological polar surface area (TPSA) is 97.1 Å². The number of hydrogen-bond acceptors (Lipinski definition) is 5. The molecule has 0 aliphatic carbocycles. The van der Waals surface area contributed by atoms with Crippen molar-refractivity contribution in [3.63, 3.8) is 0 Å². The summed E-state index contributed by atoms with van der Waals surface area (Å²) in [4.78, 5) is 26.8. The first kappa shape index (κ1) is 11.4. The van der Waals surface area contributed by atoms with Gasteiger partial charge < -0.3 is 16.4 Å². The van der Waals surface area contributed by atoms with Crippen LogP contribution in [0.5, 0.6) is 0 Å². The molecule has 15 heavy (non-hydrogen) atoms. The molecule has 82 valence electrons. The number of thiazole rings is 1. The van der Waals surface area contributed by atoms with Crippen molar-refractivity contribution in [2.45, 2.75) is 6.92 Å². The highest BCUT2D eigenvalue weighted by Gasteiger charge is 2.14. The third-order valence-electron chi connectivity index (χ3n) is 1.71. The van der Waals surface area contributed by atoms with Gasteiger partial charge in [-0.1, -0.05) is 11.3 Å². The minimum Gasteiger partial charge on any atom is -0.375 e. The third kappa shape index (κ3) is 2.91. The summed E-state index contributed by atoms with van der Waals surface area (Å²) in [5.41, 5.74) is 6.02. The Morgan fingerprint density at radius 3 is 2.67 bits per heavy atom. The fourth-order valence-electron chi connectivity index (χ4n) is 0.957. The van der Waals surface area contributed by atoms with Gasteiger partial charge in [-0.3, -0.25) is 9.59 Å². The van der Waals surface area contributed by atoms with Crippen molar-refractivity contribution in [3.05, 3.63) is 10.6 Å². The summed E-state index contributed by atoms with van der Waals surface area (Å²) < 4.78 is 0. The van der Waals surface area contributed by atoms with Crippen molar-refractivity contribution in [1.29, 1.82) is 0 Å². The highest BCUT2D eigenvalue weighted by molar-refractivity contribution is 7.17. The average Bonchev–Trinajstić information content (AvgIpc) is 2.53. The van der Waals surface area contributed by atoms with E-state index < -0.39 is 0 Å². The van der Waals surface area contributed by atoms with Gasteiger partial charge in [-0.15, -0.1) is 0 Å². The van der Waals surface area contributed by atoms with Gasteiger partial charge in [0, 0.05) is 7.05 Å². The lowest BCUT2D eigenvalue weighted by atomic mass is 10.4. The van der Waals surface area contributed by atoms with Crippen LogP contribution in [-0.2, 0) is 4.79 Å². The minimum atomic E-state index is -0.328. The predicted octanol–water partition coefficient (Wildman–Crippen LogP) is -0.490. The second kappa shape index (κ2) is 4.74. The second-order valence-electron chi connectivity index (χ2n) is 2.82. The SMILES string of the molecule is CNC(=O)CNC(=O)c1sc(N)nc1C. The van der Waals surface area contributed by atoms with Gasteiger partial charge in [0.2, 0.25) is 5.91 Å². The lowest BCUT2D eigenvalue weighted by molar-refractivity contribution is -0.119. The molecule has 2 amide bonds. The Morgan fingerprint density at radius 1 is 1.53 bits per heavy atom. The van der Waals surface area contributed by atoms with E-state index in [1.165, 1.54) is 7.05 Å². The van der Waals surface area contributed by atoms with Crippen LogP contribution in [0, 0.1) is 6.92 Å². The van der Waals surface area contributed by atoms with Gasteiger partial charge in [0.1, 0.15) is 4.88 Å². The Kier molecular flexibility index (Phi) is 3.62. The lowest BCUT2D eigenvalue weighted by Gasteiger charge is -2.02. The highest BCUT2D eigenvalue weighted by atomic mass is 32.1. The first-order chi connectivity index (χ1) is 7.04. The van der Waals surface area contributed by atoms with Crippen LogP contribution >= 0.6 is 11.3 Å². The molecule has 4 N–H and O–H groups in total. The number of hydrogen-bond donors (Lipinski definition) is 3. The number of amides is 2. The van der Waals surface area contributed by atoms with Crippen molar-refractivity contribution in [3.8, 4) is 0 Å². The lowest BCUT2D eigenvalue weighted by Crippen LogP contribution is -2.35. The number of carbonyl (C=O) groups excluding carboxylic acids is 2. The zero-order valence-corrected chi connectivity index (χ0v) is 9.27. The maximum atomic E-state index is 11.5. The Balaban J connectivity index is 2.61. The van der Waals surface area contributed by atoms with Crippen LogP contribution in [0.15, 0.2) is 0 Å². The summed E-state index contributed by atoms with van der Waals surface area (Å²) in [5.74, 6) is -0.580. The van der Waals surface area contributed by atoms with Crippen molar-refractivity contribution in [1.82, 2.24) is 15.6 Å². The third-order valence-corrected chi connectivity index (χ3v) is 2.69. The molecule has 0 radical (unpaired) electrons. The molecule has 6 nitrogen and oxygen atoms in total. The quantitative estimate of drug-likeness (QED) is 0.650. The molecule has 0 aliphatic rings. The molecule has 0 aliphatic heterocycles. The monoisotopic (exact) mass is 228 g/mol. The molecule has 0 fully saturated rings. The Morgan fingerprint density at radius 2 is 2.20 bits per heavy atom. The van der Waals surface area contributed by atoms with Crippen LogP contribution < -0.4 is 16.4 Å². The van der Waals surface area contributed by atoms with E-state index in [1.54, 1.807) is 6.92 Å². The zero-order valence-electron chi connectivity index (χ0n) is 8.46. The second-order valence-corrected chi connectivity index (χ2v) is 3.85. The first-order valence-electron chi connectivity index (χ1n) is 4.26. The molecule has 0 saturated heterocycles. The molecule has 7 heteroatoms. The number of aromatic nitrogens is 1. The Bertz CT molecular complexity index is 388. The van der Waals surface area contributed by atoms with E-state index in [1.807, 2.05) is 0 Å². The fourth-order valence-corrected chi connectivity index (χ4v) is 1.71. The number of nitrogens with one attached hydrogen (secondary N) is 2. The van der Waals surface area contributed by atoms with E-state index in [4.69, 9.17) is 5.73 Å². The number of nitrogens with two attached hydrogens (primary N) is 1. The normalized spacial score (nSPS) is 9.73. The number of nitrogen functional groups attached to an aromatic ring is 1. The summed E-state index contributed by atoms with van der Waals surface area (Å²) >= 11 is 1.10. The van der Waals surface area contributed by atoms with Crippen molar-refractivity contribution < 1.29 is 9.59 Å². The molecule has 1 rings (SSSR count). The van der Waals surface area contributed by atoms with Crippen molar-refractivity contribution in [2.75, 3.05) is 19.3 Å². The van der Waals surface area contributed by atoms with Gasteiger partial charge in [0.15, 0.2) is 5.13 Å². The molecule has 0 saturated carbocycles. The zero-order chi connectivity index (χ0) is 11.4. The maximum Gasteiger partial charge on any atom is 0.263 e. The molecule has 0 aromatic carbocycles. The van der Waals surface area contributed by atoms with E-state index in [2.05, 4.69) is 15.6 Å². The first-order valence-corrected chi connectivity index (χ1v) is 5.08. The van der Waals surface area contributed by atoms with E-state index in [0.29, 0.717) is 15.7 Å². The summed E-state index contributed by atoms with van der Waals surface area (Å²) in [6, 6.07) is 0. The molecule has 1 heterocycles. The van der Waals surface area contributed by atoms with Gasteiger partial charge >= 0.3 is 0 Å². The van der Waals surface area contributed by atoms with Crippen LogP contribution in [0.25, 0.3) is 0 Å². The number of carbonyl (C=O) groups is 2. The molecular formula is C8H12N4O2S. The van der Waals surface area contributed by atoms with E-state index in [0.717, 1.165) is 11.3 Å². The number of nitrogens with zero attached hydrogens (tertiary/aromatic N) is 1. The molecular weight excluding hydrogens is 216 g/mol. The molecule has 0 unspecified atom stereocenters. The largest absolute Gasteiger partial charge is 0.375 e. The van der Waals surface area contributed by atoms with Crippen LogP contribution in [-0.4, -0.2) is 30.4 Å².